The van der Waals surface area contributed by atoms with E-state index < -0.39 is 23.8 Å². The van der Waals surface area contributed by atoms with Gasteiger partial charge in [0.2, 0.25) is 0 Å². The van der Waals surface area contributed by atoms with Crippen LogP contribution in [0.4, 0.5) is 4.79 Å². The largest absolute Gasteiger partial charge is 0.509 e. The molecule has 0 spiro atoms. The van der Waals surface area contributed by atoms with E-state index in [4.69, 9.17) is 18.9 Å². The van der Waals surface area contributed by atoms with Crippen molar-refractivity contribution < 1.29 is 28.8 Å². The highest BCUT2D eigenvalue weighted by Crippen LogP contribution is 2.46. The molecule has 0 bridgehead atoms. The molecule has 102 valence electrons. The van der Waals surface area contributed by atoms with Crippen LogP contribution in [-0.2, 0) is 18.9 Å². The van der Waals surface area contributed by atoms with E-state index in [9.17, 15) is 9.90 Å². The van der Waals surface area contributed by atoms with E-state index in [0.29, 0.717) is 6.42 Å². The molecule has 18 heavy (non-hydrogen) atoms. The number of aliphatic hydroxyl groups excluding tert-OH is 1. The maximum atomic E-state index is 11.1. The van der Waals surface area contributed by atoms with Crippen LogP contribution in [0.3, 0.4) is 0 Å². The Morgan fingerprint density at radius 3 is 2.78 bits per heavy atom. The van der Waals surface area contributed by atoms with E-state index in [1.54, 1.807) is 0 Å². The lowest BCUT2D eigenvalue weighted by Crippen LogP contribution is -2.49. The molecule has 0 aromatic carbocycles. The lowest BCUT2D eigenvalue weighted by molar-refractivity contribution is -0.219. The fraction of sp³-hybridized carbons (Fsp3) is 0.917. The zero-order valence-corrected chi connectivity index (χ0v) is 10.5. The van der Waals surface area contributed by atoms with Gasteiger partial charge in [0.15, 0.2) is 0 Å². The molecule has 0 aromatic rings. The second kappa shape index (κ2) is 3.82. The molecule has 6 heteroatoms. The Morgan fingerprint density at radius 1 is 1.33 bits per heavy atom. The van der Waals surface area contributed by atoms with Crippen molar-refractivity contribution in [1.82, 2.24) is 0 Å². The minimum absolute atomic E-state index is 0.163. The minimum atomic E-state index is -1.14. The van der Waals surface area contributed by atoms with Crippen LogP contribution in [0.25, 0.3) is 0 Å². The van der Waals surface area contributed by atoms with Crippen molar-refractivity contribution in [2.45, 2.75) is 56.9 Å². The Hall–Kier alpha value is -0.850. The molecule has 1 aliphatic carbocycles. The van der Waals surface area contributed by atoms with Gasteiger partial charge in [0.05, 0.1) is 11.7 Å². The molecule has 5 atom stereocenters. The number of hydrogen-bond donors (Lipinski definition) is 1. The van der Waals surface area contributed by atoms with Crippen LogP contribution in [0.15, 0.2) is 0 Å². The summed E-state index contributed by atoms with van der Waals surface area (Å²) in [5.41, 5.74) is -1.02. The quantitative estimate of drug-likeness (QED) is 0.711. The van der Waals surface area contributed by atoms with Crippen molar-refractivity contribution >= 4 is 6.16 Å². The van der Waals surface area contributed by atoms with Crippen LogP contribution >= 0.6 is 0 Å². The molecule has 5 unspecified atom stereocenters. The molecule has 3 aliphatic rings. The smallest absolute Gasteiger partial charge is 0.430 e. The fourth-order valence-electron chi connectivity index (χ4n) is 3.19. The number of carbonyl (C=O) groups excluding carboxylic acids is 1. The Morgan fingerprint density at radius 2 is 2.11 bits per heavy atom. The fourth-order valence-corrected chi connectivity index (χ4v) is 3.19. The highest BCUT2D eigenvalue weighted by Gasteiger charge is 2.55. The molecule has 1 N–H and O–H groups in total. The zero-order valence-electron chi connectivity index (χ0n) is 10.5. The van der Waals surface area contributed by atoms with Crippen molar-refractivity contribution in [2.24, 2.45) is 5.92 Å². The first-order chi connectivity index (χ1) is 8.41. The molecule has 2 aliphatic heterocycles. The van der Waals surface area contributed by atoms with Crippen molar-refractivity contribution in [2.75, 3.05) is 6.61 Å². The molecule has 2 heterocycles. The Kier molecular flexibility index (Phi) is 2.59. The minimum Gasteiger partial charge on any atom is -0.430 e. The second-order valence-electron chi connectivity index (χ2n) is 5.79. The number of aliphatic hydroxyl groups is 1. The van der Waals surface area contributed by atoms with E-state index >= 15 is 0 Å². The lowest BCUT2D eigenvalue weighted by atomic mass is 9.71. The summed E-state index contributed by atoms with van der Waals surface area (Å²) in [5, 5.41) is 9.43. The van der Waals surface area contributed by atoms with E-state index in [1.807, 2.05) is 13.8 Å². The third-order valence-electron chi connectivity index (χ3n) is 4.48. The summed E-state index contributed by atoms with van der Waals surface area (Å²) in [6.45, 7) is 2.97. The highest BCUT2D eigenvalue weighted by molar-refractivity contribution is 5.62. The molecule has 1 saturated carbocycles. The van der Waals surface area contributed by atoms with Crippen molar-refractivity contribution in [3.63, 3.8) is 0 Å². The summed E-state index contributed by atoms with van der Waals surface area (Å²) in [4.78, 5) is 11.1. The first-order valence-electron chi connectivity index (χ1n) is 6.28. The lowest BCUT2D eigenvalue weighted by Gasteiger charge is -2.41. The molecule has 0 amide bonds. The van der Waals surface area contributed by atoms with Gasteiger partial charge in [-0.2, -0.15) is 0 Å². The number of fused-ring (bicyclic) bond motifs is 1. The van der Waals surface area contributed by atoms with Crippen LogP contribution in [-0.4, -0.2) is 41.7 Å². The van der Waals surface area contributed by atoms with Crippen molar-refractivity contribution in [3.8, 4) is 0 Å². The van der Waals surface area contributed by atoms with Crippen LogP contribution in [0.5, 0.6) is 0 Å². The number of rotatable bonds is 1. The molecular weight excluding hydrogens is 240 g/mol. The molecular formula is C12H18O6. The summed E-state index contributed by atoms with van der Waals surface area (Å²) in [5.74, 6) is 0.163. The Balaban J connectivity index is 1.73. The van der Waals surface area contributed by atoms with E-state index in [2.05, 4.69) is 0 Å². The zero-order chi connectivity index (χ0) is 13.0. The maximum Gasteiger partial charge on any atom is 0.509 e. The number of ether oxygens (including phenoxy) is 4. The van der Waals surface area contributed by atoms with Gasteiger partial charge in [0, 0.05) is 5.92 Å². The third-order valence-corrected chi connectivity index (χ3v) is 4.48. The van der Waals surface area contributed by atoms with Crippen LogP contribution in [0.2, 0.25) is 0 Å². The van der Waals surface area contributed by atoms with Gasteiger partial charge in [0.25, 0.3) is 6.48 Å². The summed E-state index contributed by atoms with van der Waals surface area (Å²) in [7, 11) is 0. The first-order valence-corrected chi connectivity index (χ1v) is 6.28. The molecule has 2 saturated heterocycles. The van der Waals surface area contributed by atoms with Gasteiger partial charge in [0.1, 0.15) is 12.2 Å². The van der Waals surface area contributed by atoms with Crippen molar-refractivity contribution in [3.05, 3.63) is 0 Å². The topological polar surface area (TPSA) is 74.2 Å². The van der Waals surface area contributed by atoms with Gasteiger partial charge in [-0.15, -0.1) is 0 Å². The third kappa shape index (κ3) is 1.79. The number of hydrogen-bond acceptors (Lipinski definition) is 6. The number of cyclic esters (lactones) is 2. The highest BCUT2D eigenvalue weighted by atomic mass is 16.8. The predicted octanol–water partition coefficient (Wildman–Crippen LogP) is 1.16. The van der Waals surface area contributed by atoms with E-state index in [-0.39, 0.29) is 18.6 Å². The number of carbonyl (C=O) groups is 1. The normalized spacial score (nSPS) is 51.7. The molecule has 6 nitrogen and oxygen atoms in total. The van der Waals surface area contributed by atoms with E-state index in [1.165, 1.54) is 0 Å². The SMILES string of the molecule is CC1(C2CCC3(C)OC(O)OC3C2)COC(=O)O1. The van der Waals surface area contributed by atoms with Gasteiger partial charge >= 0.3 is 6.16 Å². The Bertz CT molecular complexity index is 372. The average molecular weight is 258 g/mol. The summed E-state index contributed by atoms with van der Waals surface area (Å²) >= 11 is 0. The summed E-state index contributed by atoms with van der Waals surface area (Å²) in [6.07, 6.45) is 1.56. The van der Waals surface area contributed by atoms with Gasteiger partial charge in [-0.3, -0.25) is 0 Å². The molecule has 3 rings (SSSR count). The van der Waals surface area contributed by atoms with Crippen LogP contribution in [0, 0.1) is 5.92 Å². The average Bonchev–Trinajstić information content (AvgIpc) is 2.77. The summed E-state index contributed by atoms with van der Waals surface area (Å²) < 4.78 is 21.0. The van der Waals surface area contributed by atoms with E-state index in [0.717, 1.165) is 12.8 Å². The Labute approximate surface area is 105 Å². The van der Waals surface area contributed by atoms with Crippen LogP contribution in [0.1, 0.15) is 33.1 Å². The maximum absolute atomic E-state index is 11.1. The van der Waals surface area contributed by atoms with Crippen molar-refractivity contribution in [1.29, 1.82) is 0 Å². The van der Waals surface area contributed by atoms with Crippen LogP contribution < -0.4 is 0 Å². The monoisotopic (exact) mass is 258 g/mol. The predicted molar refractivity (Wildman–Crippen MR) is 58.5 cm³/mol. The summed E-state index contributed by atoms with van der Waals surface area (Å²) in [6, 6.07) is 0. The standard InChI is InChI=1S/C12H18O6/c1-11-4-3-7(5-8(11)16-10(14)18-11)12(2)6-15-9(13)17-12/h7-8,10,14H,3-6H2,1-2H3. The molecule has 0 radical (unpaired) electrons. The molecule has 3 fully saturated rings. The molecule has 0 aromatic heterocycles. The van der Waals surface area contributed by atoms with Gasteiger partial charge < -0.3 is 24.1 Å². The van der Waals surface area contributed by atoms with Gasteiger partial charge in [-0.25, -0.2) is 4.79 Å². The second-order valence-corrected chi connectivity index (χ2v) is 5.79. The first kappa shape index (κ1) is 12.2. The van der Waals surface area contributed by atoms with Gasteiger partial charge in [-0.05, 0) is 33.1 Å². The van der Waals surface area contributed by atoms with Gasteiger partial charge in [-0.1, -0.05) is 0 Å².